The Labute approximate surface area is 142 Å². The molecule has 1 atom stereocenters. The quantitative estimate of drug-likeness (QED) is 0.792. The molecule has 0 aromatic carbocycles. The molecular weight excluding hydrogens is 333 g/mol. The number of amides is 1. The molecule has 0 bridgehead atoms. The Bertz CT molecular complexity index is 872. The molecule has 0 N–H and O–H groups in total. The standard InChI is InChI=1S/C17H17F3N4O/c1-9-10(2)22-13-4-3-5-14-15(13)12(9)8-23(14)16(25)11-6-21-24(7-11)17(18,19)20/h6-7,14H,3-5,8H2,1-2H3/t14-/m1/s1. The molecule has 2 aromatic rings. The third-order valence-corrected chi connectivity index (χ3v) is 5.21. The molecule has 0 spiro atoms. The minimum Gasteiger partial charge on any atom is -0.327 e. The van der Waals surface area contributed by atoms with E-state index in [0.29, 0.717) is 6.54 Å². The van der Waals surface area contributed by atoms with Crippen molar-refractivity contribution in [3.63, 3.8) is 0 Å². The van der Waals surface area contributed by atoms with Gasteiger partial charge in [0, 0.05) is 29.7 Å². The van der Waals surface area contributed by atoms with Crippen LogP contribution in [-0.4, -0.2) is 25.6 Å². The maximum Gasteiger partial charge on any atom is 0.504 e. The highest BCUT2D eigenvalue weighted by Crippen LogP contribution is 2.44. The third-order valence-electron chi connectivity index (χ3n) is 5.21. The van der Waals surface area contributed by atoms with Crippen LogP contribution in [0.5, 0.6) is 0 Å². The van der Waals surface area contributed by atoms with Gasteiger partial charge in [-0.15, -0.1) is 13.2 Å². The number of alkyl halides is 3. The summed E-state index contributed by atoms with van der Waals surface area (Å²) in [6.07, 6.45) is -0.276. The lowest BCUT2D eigenvalue weighted by molar-refractivity contribution is -0.212. The summed E-state index contributed by atoms with van der Waals surface area (Å²) in [4.78, 5) is 19.2. The molecule has 25 heavy (non-hydrogen) atoms. The Morgan fingerprint density at radius 3 is 2.76 bits per heavy atom. The number of rotatable bonds is 1. The van der Waals surface area contributed by atoms with Crippen LogP contribution < -0.4 is 0 Å². The number of hydrogen-bond acceptors (Lipinski definition) is 3. The normalized spacial score (nSPS) is 19.2. The lowest BCUT2D eigenvalue weighted by Gasteiger charge is -2.28. The molecule has 0 saturated carbocycles. The van der Waals surface area contributed by atoms with Crippen molar-refractivity contribution in [3.8, 4) is 0 Å². The molecule has 1 aliphatic heterocycles. The van der Waals surface area contributed by atoms with Gasteiger partial charge in [-0.25, -0.2) is 0 Å². The van der Waals surface area contributed by atoms with Crippen molar-refractivity contribution in [3.05, 3.63) is 46.0 Å². The van der Waals surface area contributed by atoms with Crippen molar-refractivity contribution in [2.24, 2.45) is 0 Å². The largest absolute Gasteiger partial charge is 0.504 e. The highest BCUT2D eigenvalue weighted by Gasteiger charge is 2.40. The van der Waals surface area contributed by atoms with E-state index in [2.05, 4.69) is 10.1 Å². The van der Waals surface area contributed by atoms with Crippen LogP contribution in [-0.2, 0) is 19.3 Å². The summed E-state index contributed by atoms with van der Waals surface area (Å²) in [5, 5.41) is 3.27. The van der Waals surface area contributed by atoms with Crippen LogP contribution in [0, 0.1) is 13.8 Å². The Morgan fingerprint density at radius 2 is 2.08 bits per heavy atom. The molecule has 2 aromatic heterocycles. The molecule has 1 amide bonds. The highest BCUT2D eigenvalue weighted by atomic mass is 19.4. The fraction of sp³-hybridized carbons (Fsp3) is 0.471. The zero-order valence-electron chi connectivity index (χ0n) is 13.9. The van der Waals surface area contributed by atoms with Crippen LogP contribution >= 0.6 is 0 Å². The number of carbonyl (C=O) groups excluding carboxylic acids is 1. The van der Waals surface area contributed by atoms with E-state index in [1.165, 1.54) is 0 Å². The molecule has 0 fully saturated rings. The maximum absolute atomic E-state index is 12.8. The van der Waals surface area contributed by atoms with Crippen LogP contribution in [0.4, 0.5) is 13.2 Å². The second kappa shape index (κ2) is 5.31. The minimum atomic E-state index is -4.62. The summed E-state index contributed by atoms with van der Waals surface area (Å²) >= 11 is 0. The SMILES string of the molecule is Cc1nc2c3c(c1C)CN(C(=O)c1cnn(C(F)(F)F)c1)[C@@H]3CCC2. The molecule has 4 rings (SSSR count). The number of nitrogens with zero attached hydrogens (tertiary/aromatic N) is 4. The van der Waals surface area contributed by atoms with E-state index in [9.17, 15) is 18.0 Å². The van der Waals surface area contributed by atoms with Gasteiger partial charge in [0.2, 0.25) is 0 Å². The van der Waals surface area contributed by atoms with Crippen molar-refractivity contribution in [1.82, 2.24) is 19.7 Å². The summed E-state index contributed by atoms with van der Waals surface area (Å²) in [7, 11) is 0. The number of hydrogen-bond donors (Lipinski definition) is 0. The van der Waals surface area contributed by atoms with Crippen LogP contribution in [0.3, 0.4) is 0 Å². The molecule has 2 aliphatic rings. The zero-order valence-corrected chi connectivity index (χ0v) is 13.9. The fourth-order valence-electron chi connectivity index (χ4n) is 3.88. The topological polar surface area (TPSA) is 51.0 Å². The van der Waals surface area contributed by atoms with Crippen LogP contribution in [0.1, 0.15) is 57.3 Å². The maximum atomic E-state index is 12.8. The molecule has 3 heterocycles. The minimum absolute atomic E-state index is 0.0420. The summed E-state index contributed by atoms with van der Waals surface area (Å²) in [5.74, 6) is -0.415. The molecule has 1 aliphatic carbocycles. The summed E-state index contributed by atoms with van der Waals surface area (Å²) in [6.45, 7) is 4.35. The summed E-state index contributed by atoms with van der Waals surface area (Å²) < 4.78 is 38.0. The van der Waals surface area contributed by atoms with Gasteiger partial charge in [0.15, 0.2) is 0 Å². The Kier molecular flexibility index (Phi) is 3.42. The number of aryl methyl sites for hydroxylation is 2. The van der Waals surface area contributed by atoms with Gasteiger partial charge in [0.25, 0.3) is 5.91 Å². The average Bonchev–Trinajstić information content (AvgIpc) is 3.18. The lowest BCUT2D eigenvalue weighted by atomic mass is 9.88. The van der Waals surface area contributed by atoms with E-state index in [4.69, 9.17) is 0 Å². The van der Waals surface area contributed by atoms with Gasteiger partial charge in [0.05, 0.1) is 17.8 Å². The van der Waals surface area contributed by atoms with Crippen LogP contribution in [0.2, 0.25) is 0 Å². The van der Waals surface area contributed by atoms with Crippen LogP contribution in [0.25, 0.3) is 0 Å². The van der Waals surface area contributed by atoms with Crippen molar-refractivity contribution < 1.29 is 18.0 Å². The van der Waals surface area contributed by atoms with Gasteiger partial charge >= 0.3 is 6.30 Å². The fourth-order valence-corrected chi connectivity index (χ4v) is 3.88. The summed E-state index contributed by atoms with van der Waals surface area (Å²) in [6, 6.07) is -0.104. The van der Waals surface area contributed by atoms with Crippen molar-refractivity contribution >= 4 is 5.91 Å². The van der Waals surface area contributed by atoms with E-state index >= 15 is 0 Å². The number of carbonyl (C=O) groups is 1. The molecule has 5 nitrogen and oxygen atoms in total. The molecule has 0 unspecified atom stereocenters. The average molecular weight is 350 g/mol. The van der Waals surface area contributed by atoms with Gasteiger partial charge in [-0.2, -0.15) is 9.78 Å². The Morgan fingerprint density at radius 1 is 1.32 bits per heavy atom. The van der Waals surface area contributed by atoms with Crippen molar-refractivity contribution in [2.75, 3.05) is 0 Å². The molecular formula is C17H17F3N4O. The zero-order chi connectivity index (χ0) is 17.9. The first kappa shape index (κ1) is 16.1. The number of aromatic nitrogens is 3. The van der Waals surface area contributed by atoms with E-state index in [1.54, 1.807) is 4.90 Å². The first-order valence-electron chi connectivity index (χ1n) is 8.19. The van der Waals surface area contributed by atoms with Crippen molar-refractivity contribution in [2.45, 2.75) is 52.0 Å². The van der Waals surface area contributed by atoms with Crippen molar-refractivity contribution in [1.29, 1.82) is 0 Å². The van der Waals surface area contributed by atoms with E-state index in [1.807, 2.05) is 13.8 Å². The molecule has 0 radical (unpaired) electrons. The first-order valence-corrected chi connectivity index (χ1v) is 8.19. The smallest absolute Gasteiger partial charge is 0.327 e. The molecule has 0 saturated heterocycles. The molecule has 132 valence electrons. The van der Waals surface area contributed by atoms with Gasteiger partial charge < -0.3 is 4.90 Å². The molecule has 8 heteroatoms. The van der Waals surface area contributed by atoms with Crippen LogP contribution in [0.15, 0.2) is 12.4 Å². The van der Waals surface area contributed by atoms with Gasteiger partial charge in [-0.05, 0) is 44.2 Å². The van der Waals surface area contributed by atoms with Gasteiger partial charge in [0.1, 0.15) is 0 Å². The first-order chi connectivity index (χ1) is 11.8. The lowest BCUT2D eigenvalue weighted by Crippen LogP contribution is -2.31. The predicted octanol–water partition coefficient (Wildman–Crippen LogP) is 3.40. The van der Waals surface area contributed by atoms with Gasteiger partial charge in [-0.1, -0.05) is 0 Å². The number of pyridine rings is 1. The van der Waals surface area contributed by atoms with E-state index in [0.717, 1.165) is 59.7 Å². The monoisotopic (exact) mass is 350 g/mol. The predicted molar refractivity (Wildman–Crippen MR) is 82.8 cm³/mol. The Hall–Kier alpha value is -2.38. The van der Waals surface area contributed by atoms with Gasteiger partial charge in [-0.3, -0.25) is 9.78 Å². The second-order valence-corrected chi connectivity index (χ2v) is 6.64. The van der Waals surface area contributed by atoms with E-state index < -0.39 is 12.2 Å². The highest BCUT2D eigenvalue weighted by molar-refractivity contribution is 5.94. The summed E-state index contributed by atoms with van der Waals surface area (Å²) in [5.41, 5.74) is 5.20. The number of halogens is 3. The Balaban J connectivity index is 1.71. The van der Waals surface area contributed by atoms with E-state index in [-0.39, 0.29) is 16.3 Å². The third kappa shape index (κ3) is 2.42. The second-order valence-electron chi connectivity index (χ2n) is 6.64.